The van der Waals surface area contributed by atoms with Crippen LogP contribution >= 0.6 is 0 Å². The maximum absolute atomic E-state index is 12.3. The molecule has 0 fully saturated rings. The van der Waals surface area contributed by atoms with E-state index in [4.69, 9.17) is 14.2 Å². The molecule has 2 aromatic carbocycles. The van der Waals surface area contributed by atoms with Crippen LogP contribution in [0.15, 0.2) is 36.4 Å². The Kier molecular flexibility index (Phi) is 6.47. The van der Waals surface area contributed by atoms with Crippen LogP contribution in [0.1, 0.15) is 15.9 Å². The molecule has 0 unspecified atom stereocenters. The van der Waals surface area contributed by atoms with Gasteiger partial charge in [-0.15, -0.1) is 0 Å². The van der Waals surface area contributed by atoms with Crippen molar-refractivity contribution >= 4 is 11.7 Å². The number of nitro groups is 1. The fraction of sp³-hybridized carbons (Fsp3) is 0.235. The number of benzene rings is 2. The van der Waals surface area contributed by atoms with Gasteiger partial charge in [0.15, 0.2) is 11.5 Å². The highest BCUT2D eigenvalue weighted by molar-refractivity contribution is 5.93. The van der Waals surface area contributed by atoms with Gasteiger partial charge in [0.2, 0.25) is 0 Å². The lowest BCUT2D eigenvalue weighted by Gasteiger charge is -2.12. The Morgan fingerprint density at radius 2 is 1.74 bits per heavy atom. The summed E-state index contributed by atoms with van der Waals surface area (Å²) in [5.74, 6) is -0.856. The quantitative estimate of drug-likeness (QED) is 0.390. The Morgan fingerprint density at radius 1 is 1.07 bits per heavy atom. The second-order valence-corrected chi connectivity index (χ2v) is 5.08. The normalized spacial score (nSPS) is 10.4. The van der Waals surface area contributed by atoms with Crippen molar-refractivity contribution in [2.45, 2.75) is 13.2 Å². The number of esters is 1. The molecule has 0 saturated carbocycles. The van der Waals surface area contributed by atoms with E-state index < -0.39 is 17.5 Å². The van der Waals surface area contributed by atoms with Gasteiger partial charge in [0, 0.05) is 12.1 Å². The van der Waals surface area contributed by atoms with Crippen molar-refractivity contribution in [3.8, 4) is 17.2 Å². The van der Waals surface area contributed by atoms with E-state index in [0.717, 1.165) is 6.07 Å². The average Bonchev–Trinajstić information content (AvgIpc) is 2.65. The zero-order valence-electron chi connectivity index (χ0n) is 14.3. The predicted molar refractivity (Wildman–Crippen MR) is 88.4 cm³/mol. The van der Waals surface area contributed by atoms with E-state index in [2.05, 4.69) is 4.74 Å². The van der Waals surface area contributed by atoms with Crippen LogP contribution in [0.2, 0.25) is 0 Å². The van der Waals surface area contributed by atoms with Gasteiger partial charge < -0.3 is 18.9 Å². The molecule has 0 saturated heterocycles. The molecule has 2 rings (SSSR count). The Hall–Kier alpha value is -3.43. The highest BCUT2D eigenvalue weighted by atomic mass is 19.3. The van der Waals surface area contributed by atoms with Gasteiger partial charge in [-0.05, 0) is 23.8 Å². The molecular formula is C17H15F2NO7. The van der Waals surface area contributed by atoms with Crippen LogP contribution in [0.4, 0.5) is 14.5 Å². The Bertz CT molecular complexity index is 842. The van der Waals surface area contributed by atoms with Gasteiger partial charge >= 0.3 is 12.6 Å². The van der Waals surface area contributed by atoms with E-state index in [-0.39, 0.29) is 35.1 Å². The molecule has 0 heterocycles. The summed E-state index contributed by atoms with van der Waals surface area (Å²) in [4.78, 5) is 22.5. The van der Waals surface area contributed by atoms with Crippen molar-refractivity contribution in [3.05, 3.63) is 57.6 Å². The number of alkyl halides is 2. The smallest absolute Gasteiger partial charge is 0.387 e. The minimum absolute atomic E-state index is 0.0387. The minimum Gasteiger partial charge on any atom is -0.496 e. The van der Waals surface area contributed by atoms with E-state index in [1.54, 1.807) is 0 Å². The van der Waals surface area contributed by atoms with Crippen molar-refractivity contribution in [3.63, 3.8) is 0 Å². The molecule has 0 aliphatic rings. The molecule has 27 heavy (non-hydrogen) atoms. The van der Waals surface area contributed by atoms with Crippen molar-refractivity contribution in [1.29, 1.82) is 0 Å². The van der Waals surface area contributed by atoms with E-state index >= 15 is 0 Å². The zero-order valence-corrected chi connectivity index (χ0v) is 14.3. The number of non-ortho nitro benzene ring substituents is 1. The first kappa shape index (κ1) is 19.9. The summed E-state index contributed by atoms with van der Waals surface area (Å²) in [5, 5.41) is 10.9. The van der Waals surface area contributed by atoms with Crippen LogP contribution in [0.5, 0.6) is 17.2 Å². The van der Waals surface area contributed by atoms with E-state index in [1.807, 2.05) is 0 Å². The summed E-state index contributed by atoms with van der Waals surface area (Å²) in [5.41, 5.74) is 0.0282. The minimum atomic E-state index is -3.01. The van der Waals surface area contributed by atoms with Gasteiger partial charge in [-0.25, -0.2) is 4.79 Å². The van der Waals surface area contributed by atoms with Crippen molar-refractivity contribution < 1.29 is 37.4 Å². The first-order chi connectivity index (χ1) is 12.8. The van der Waals surface area contributed by atoms with Crippen LogP contribution in [0.25, 0.3) is 0 Å². The third kappa shape index (κ3) is 5.03. The number of methoxy groups -OCH3 is 2. The largest absolute Gasteiger partial charge is 0.496 e. The van der Waals surface area contributed by atoms with Gasteiger partial charge in [0.05, 0.1) is 19.1 Å². The van der Waals surface area contributed by atoms with Crippen LogP contribution in [-0.2, 0) is 11.3 Å². The topological polar surface area (TPSA) is 97.1 Å². The summed E-state index contributed by atoms with van der Waals surface area (Å²) in [6.45, 7) is -3.24. The van der Waals surface area contributed by atoms with Crippen LogP contribution in [-0.4, -0.2) is 31.7 Å². The molecule has 0 radical (unpaired) electrons. The monoisotopic (exact) mass is 383 g/mol. The van der Waals surface area contributed by atoms with E-state index in [1.165, 1.54) is 44.6 Å². The number of nitro benzene ring substituents is 1. The fourth-order valence-corrected chi connectivity index (χ4v) is 2.19. The SMILES string of the molecule is COc1cc(COC(=O)c2cc([N+](=O)[O-])ccc2OC)ccc1OC(F)F. The molecule has 2 aromatic rings. The first-order valence-corrected chi connectivity index (χ1v) is 7.47. The lowest BCUT2D eigenvalue weighted by atomic mass is 10.1. The summed E-state index contributed by atoms with van der Waals surface area (Å²) in [7, 11) is 2.59. The average molecular weight is 383 g/mol. The summed E-state index contributed by atoms with van der Waals surface area (Å²) >= 11 is 0. The molecule has 0 aliphatic carbocycles. The Balaban J connectivity index is 2.16. The molecule has 0 spiro atoms. The molecule has 0 amide bonds. The molecule has 10 heteroatoms. The number of hydrogen-bond donors (Lipinski definition) is 0. The maximum Gasteiger partial charge on any atom is 0.387 e. The first-order valence-electron chi connectivity index (χ1n) is 7.47. The summed E-state index contributed by atoms with van der Waals surface area (Å²) in [6.07, 6.45) is 0. The van der Waals surface area contributed by atoms with E-state index in [0.29, 0.717) is 5.56 Å². The Morgan fingerprint density at radius 3 is 2.33 bits per heavy atom. The van der Waals surface area contributed by atoms with Crippen molar-refractivity contribution in [2.24, 2.45) is 0 Å². The van der Waals surface area contributed by atoms with Gasteiger partial charge in [-0.2, -0.15) is 8.78 Å². The fourth-order valence-electron chi connectivity index (χ4n) is 2.19. The summed E-state index contributed by atoms with van der Waals surface area (Å²) < 4.78 is 44.1. The lowest BCUT2D eigenvalue weighted by molar-refractivity contribution is -0.384. The number of nitrogens with zero attached hydrogens (tertiary/aromatic N) is 1. The van der Waals surface area contributed by atoms with Crippen LogP contribution in [0.3, 0.4) is 0 Å². The number of hydrogen-bond acceptors (Lipinski definition) is 7. The number of carbonyl (C=O) groups excluding carboxylic acids is 1. The third-order valence-corrected chi connectivity index (χ3v) is 3.43. The number of halogens is 2. The van der Waals surface area contributed by atoms with Crippen molar-refractivity contribution in [1.82, 2.24) is 0 Å². The van der Waals surface area contributed by atoms with Gasteiger partial charge in [-0.1, -0.05) is 6.07 Å². The second kappa shape index (κ2) is 8.79. The molecule has 0 bridgehead atoms. The number of carbonyl (C=O) groups is 1. The molecule has 0 atom stereocenters. The van der Waals surface area contributed by atoms with Gasteiger partial charge in [-0.3, -0.25) is 10.1 Å². The molecule has 0 aromatic heterocycles. The van der Waals surface area contributed by atoms with Crippen molar-refractivity contribution in [2.75, 3.05) is 14.2 Å². The lowest BCUT2D eigenvalue weighted by Crippen LogP contribution is -2.08. The molecule has 144 valence electrons. The van der Waals surface area contributed by atoms with Crippen LogP contribution < -0.4 is 14.2 Å². The standard InChI is InChI=1S/C17H15F2NO7/c1-24-13-6-4-11(20(22)23)8-12(13)16(21)26-9-10-3-5-14(27-17(18)19)15(7-10)25-2/h3-8,17H,9H2,1-2H3. The molecule has 8 nitrogen and oxygen atoms in total. The van der Waals surface area contributed by atoms with Crippen LogP contribution in [0, 0.1) is 10.1 Å². The summed E-state index contributed by atoms with van der Waals surface area (Å²) in [6, 6.07) is 7.56. The molecule has 0 N–H and O–H groups in total. The second-order valence-electron chi connectivity index (χ2n) is 5.08. The maximum atomic E-state index is 12.3. The highest BCUT2D eigenvalue weighted by Crippen LogP contribution is 2.30. The Labute approximate surface area is 152 Å². The molecular weight excluding hydrogens is 368 g/mol. The highest BCUT2D eigenvalue weighted by Gasteiger charge is 2.19. The van der Waals surface area contributed by atoms with E-state index in [9.17, 15) is 23.7 Å². The van der Waals surface area contributed by atoms with Gasteiger partial charge in [0.25, 0.3) is 5.69 Å². The number of ether oxygens (including phenoxy) is 4. The van der Waals surface area contributed by atoms with Gasteiger partial charge in [0.1, 0.15) is 17.9 Å². The predicted octanol–water partition coefficient (Wildman–Crippen LogP) is 3.57. The number of rotatable bonds is 8. The third-order valence-electron chi connectivity index (χ3n) is 3.43. The molecule has 0 aliphatic heterocycles. The zero-order chi connectivity index (χ0) is 20.0.